The SMILES string of the molecule is COc1ccc2c(c1)[C@H]1CNC[C@@H]1CCC2=O. The molecule has 0 bridgehead atoms. The first-order valence-electron chi connectivity index (χ1n) is 6.21. The van der Waals surface area contributed by atoms with Crippen molar-refractivity contribution in [1.29, 1.82) is 0 Å². The van der Waals surface area contributed by atoms with Gasteiger partial charge in [-0.25, -0.2) is 0 Å². The number of fused-ring (bicyclic) bond motifs is 3. The molecule has 1 aromatic carbocycles. The molecule has 3 rings (SSSR count). The Kier molecular flexibility index (Phi) is 2.63. The molecule has 1 heterocycles. The Labute approximate surface area is 101 Å². The van der Waals surface area contributed by atoms with Crippen LogP contribution in [0, 0.1) is 5.92 Å². The molecule has 0 radical (unpaired) electrons. The number of carbonyl (C=O) groups is 1. The highest BCUT2D eigenvalue weighted by Crippen LogP contribution is 2.38. The van der Waals surface area contributed by atoms with Gasteiger partial charge in [-0.2, -0.15) is 0 Å². The fourth-order valence-electron chi connectivity index (χ4n) is 3.08. The summed E-state index contributed by atoms with van der Waals surface area (Å²) in [5.41, 5.74) is 2.09. The van der Waals surface area contributed by atoms with Gasteiger partial charge in [-0.1, -0.05) is 0 Å². The Balaban J connectivity index is 2.10. The molecule has 2 atom stereocenters. The van der Waals surface area contributed by atoms with E-state index in [9.17, 15) is 4.79 Å². The third-order valence-corrected chi connectivity index (χ3v) is 4.04. The Hall–Kier alpha value is -1.35. The molecule has 1 fully saturated rings. The molecule has 0 spiro atoms. The predicted octanol–water partition coefficient (Wildman–Crippen LogP) is 1.97. The van der Waals surface area contributed by atoms with Gasteiger partial charge in [0.1, 0.15) is 5.75 Å². The Morgan fingerprint density at radius 3 is 3.06 bits per heavy atom. The summed E-state index contributed by atoms with van der Waals surface area (Å²) in [6, 6.07) is 5.86. The van der Waals surface area contributed by atoms with Crippen molar-refractivity contribution in [3.8, 4) is 5.75 Å². The molecule has 3 nitrogen and oxygen atoms in total. The Morgan fingerprint density at radius 2 is 2.24 bits per heavy atom. The fraction of sp³-hybridized carbons (Fsp3) is 0.500. The smallest absolute Gasteiger partial charge is 0.163 e. The first-order valence-corrected chi connectivity index (χ1v) is 6.21. The normalized spacial score (nSPS) is 27.2. The van der Waals surface area contributed by atoms with E-state index >= 15 is 0 Å². The van der Waals surface area contributed by atoms with Crippen LogP contribution in [0.15, 0.2) is 18.2 Å². The van der Waals surface area contributed by atoms with Gasteiger partial charge >= 0.3 is 0 Å². The topological polar surface area (TPSA) is 38.3 Å². The summed E-state index contributed by atoms with van der Waals surface area (Å²) in [4.78, 5) is 12.1. The second-order valence-electron chi connectivity index (χ2n) is 4.94. The van der Waals surface area contributed by atoms with Crippen molar-refractivity contribution < 1.29 is 9.53 Å². The van der Waals surface area contributed by atoms with Crippen LogP contribution in [0.3, 0.4) is 0 Å². The van der Waals surface area contributed by atoms with Crippen LogP contribution in [0.1, 0.15) is 34.7 Å². The number of benzene rings is 1. The van der Waals surface area contributed by atoms with Crippen LogP contribution in [0.25, 0.3) is 0 Å². The van der Waals surface area contributed by atoms with Crippen LogP contribution in [0.5, 0.6) is 5.75 Å². The van der Waals surface area contributed by atoms with Crippen LogP contribution >= 0.6 is 0 Å². The van der Waals surface area contributed by atoms with E-state index < -0.39 is 0 Å². The third kappa shape index (κ3) is 1.75. The van der Waals surface area contributed by atoms with Crippen LogP contribution in [-0.4, -0.2) is 26.0 Å². The number of nitrogens with one attached hydrogen (secondary N) is 1. The molecular formula is C14H17NO2. The maximum absolute atomic E-state index is 12.1. The van der Waals surface area contributed by atoms with E-state index in [1.165, 1.54) is 5.56 Å². The number of hydrogen-bond acceptors (Lipinski definition) is 3. The number of hydrogen-bond donors (Lipinski definition) is 1. The minimum absolute atomic E-state index is 0.289. The highest BCUT2D eigenvalue weighted by atomic mass is 16.5. The number of methoxy groups -OCH3 is 1. The van der Waals surface area contributed by atoms with Crippen molar-refractivity contribution in [2.24, 2.45) is 5.92 Å². The minimum atomic E-state index is 0.289. The summed E-state index contributed by atoms with van der Waals surface area (Å²) >= 11 is 0. The van der Waals surface area contributed by atoms with Gasteiger partial charge in [-0.3, -0.25) is 4.79 Å². The molecule has 1 N–H and O–H groups in total. The molecule has 0 amide bonds. The molecule has 2 aliphatic rings. The van der Waals surface area contributed by atoms with Gasteiger partial charge in [-0.05, 0) is 42.6 Å². The highest BCUT2D eigenvalue weighted by molar-refractivity contribution is 5.98. The molecule has 3 heteroatoms. The summed E-state index contributed by atoms with van der Waals surface area (Å²) in [6.45, 7) is 2.02. The zero-order valence-electron chi connectivity index (χ0n) is 10.0. The monoisotopic (exact) mass is 231 g/mol. The Morgan fingerprint density at radius 1 is 1.35 bits per heavy atom. The second kappa shape index (κ2) is 4.15. The van der Waals surface area contributed by atoms with Gasteiger partial charge in [0.25, 0.3) is 0 Å². The zero-order valence-corrected chi connectivity index (χ0v) is 10.0. The van der Waals surface area contributed by atoms with E-state index in [1.54, 1.807) is 7.11 Å². The summed E-state index contributed by atoms with van der Waals surface area (Å²) in [5, 5.41) is 3.43. The van der Waals surface area contributed by atoms with Gasteiger partial charge in [0.2, 0.25) is 0 Å². The van der Waals surface area contributed by atoms with Crippen LogP contribution in [0.2, 0.25) is 0 Å². The lowest BCUT2D eigenvalue weighted by molar-refractivity contribution is 0.0978. The van der Waals surface area contributed by atoms with E-state index in [2.05, 4.69) is 5.32 Å². The van der Waals surface area contributed by atoms with Crippen LogP contribution in [-0.2, 0) is 0 Å². The van der Waals surface area contributed by atoms with Gasteiger partial charge in [-0.15, -0.1) is 0 Å². The number of ether oxygens (including phenoxy) is 1. The van der Waals surface area contributed by atoms with Gasteiger partial charge in [0.15, 0.2) is 5.78 Å². The number of carbonyl (C=O) groups excluding carboxylic acids is 1. The fourth-order valence-corrected chi connectivity index (χ4v) is 3.08. The summed E-state index contributed by atoms with van der Waals surface area (Å²) in [7, 11) is 1.67. The molecule has 0 saturated carbocycles. The Bertz CT molecular complexity index is 456. The first-order chi connectivity index (χ1) is 8.29. The molecule has 1 aromatic rings. The molecular weight excluding hydrogens is 214 g/mol. The summed E-state index contributed by atoms with van der Waals surface area (Å²) in [6.07, 6.45) is 1.69. The maximum Gasteiger partial charge on any atom is 0.163 e. The van der Waals surface area contributed by atoms with Crippen LogP contribution < -0.4 is 10.1 Å². The second-order valence-corrected chi connectivity index (χ2v) is 4.94. The van der Waals surface area contributed by atoms with Crippen LogP contribution in [0.4, 0.5) is 0 Å². The number of rotatable bonds is 1. The largest absolute Gasteiger partial charge is 0.497 e. The predicted molar refractivity (Wildman–Crippen MR) is 65.7 cm³/mol. The van der Waals surface area contributed by atoms with E-state index in [0.717, 1.165) is 30.8 Å². The third-order valence-electron chi connectivity index (χ3n) is 4.04. The minimum Gasteiger partial charge on any atom is -0.497 e. The molecule has 1 saturated heterocycles. The first kappa shape index (κ1) is 10.8. The summed E-state index contributed by atoms with van der Waals surface area (Å²) < 4.78 is 5.27. The van der Waals surface area contributed by atoms with Gasteiger partial charge < -0.3 is 10.1 Å². The summed E-state index contributed by atoms with van der Waals surface area (Å²) in [5.74, 6) is 2.22. The lowest BCUT2D eigenvalue weighted by Crippen LogP contribution is -2.11. The van der Waals surface area contributed by atoms with E-state index in [1.807, 2.05) is 18.2 Å². The zero-order chi connectivity index (χ0) is 11.8. The molecule has 1 aliphatic carbocycles. The van der Waals surface area contributed by atoms with Gasteiger partial charge in [0.05, 0.1) is 7.11 Å². The van der Waals surface area contributed by atoms with Gasteiger partial charge in [0, 0.05) is 24.4 Å². The maximum atomic E-state index is 12.1. The van der Waals surface area contributed by atoms with Crippen molar-refractivity contribution in [3.63, 3.8) is 0 Å². The molecule has 90 valence electrons. The quantitative estimate of drug-likeness (QED) is 0.803. The standard InChI is InChI=1S/C14H17NO2/c1-17-10-3-4-11-12(6-10)13-8-15-7-9(13)2-5-14(11)16/h3-4,6,9,13,15H,2,5,7-8H2,1H3/t9-,13-/m0/s1. The molecule has 0 unspecified atom stereocenters. The van der Waals surface area contributed by atoms with Crippen molar-refractivity contribution >= 4 is 5.78 Å². The van der Waals surface area contributed by atoms with E-state index in [-0.39, 0.29) is 5.78 Å². The van der Waals surface area contributed by atoms with E-state index in [0.29, 0.717) is 18.3 Å². The van der Waals surface area contributed by atoms with Crippen molar-refractivity contribution in [2.75, 3.05) is 20.2 Å². The highest BCUT2D eigenvalue weighted by Gasteiger charge is 2.34. The molecule has 1 aliphatic heterocycles. The average molecular weight is 231 g/mol. The number of Topliss-reactive ketones (excluding diaryl/α,β-unsaturated/α-hetero) is 1. The van der Waals surface area contributed by atoms with E-state index in [4.69, 9.17) is 4.74 Å². The molecule has 0 aromatic heterocycles. The average Bonchev–Trinajstić information content (AvgIpc) is 2.79. The van der Waals surface area contributed by atoms with Crippen molar-refractivity contribution in [2.45, 2.75) is 18.8 Å². The lowest BCUT2D eigenvalue weighted by atomic mass is 9.87. The van der Waals surface area contributed by atoms with Crippen molar-refractivity contribution in [3.05, 3.63) is 29.3 Å². The molecule has 17 heavy (non-hydrogen) atoms. The number of ketones is 1. The van der Waals surface area contributed by atoms with Crippen molar-refractivity contribution in [1.82, 2.24) is 5.32 Å². The lowest BCUT2D eigenvalue weighted by Gasteiger charge is -2.17.